The number of ether oxygens (including phenoxy) is 1. The summed E-state index contributed by atoms with van der Waals surface area (Å²) in [7, 11) is 0. The van der Waals surface area contributed by atoms with E-state index in [-0.39, 0.29) is 13.0 Å². The minimum absolute atomic E-state index is 0.00454. The van der Waals surface area contributed by atoms with Crippen LogP contribution in [0.3, 0.4) is 0 Å². The van der Waals surface area contributed by atoms with E-state index in [1.807, 2.05) is 19.9 Å². The zero-order chi connectivity index (χ0) is 21.7. The summed E-state index contributed by atoms with van der Waals surface area (Å²) in [6, 6.07) is 8.48. The maximum absolute atomic E-state index is 10.6. The van der Waals surface area contributed by atoms with Gasteiger partial charge in [0, 0.05) is 29.0 Å². The lowest BCUT2D eigenvalue weighted by molar-refractivity contribution is -0.0917. The van der Waals surface area contributed by atoms with Crippen LogP contribution in [0.25, 0.3) is 11.0 Å². The van der Waals surface area contributed by atoms with Gasteiger partial charge in [-0.2, -0.15) is 0 Å². The molecule has 1 aromatic rings. The molecule has 0 bridgehead atoms. The summed E-state index contributed by atoms with van der Waals surface area (Å²) in [5, 5.41) is 11.4. The third kappa shape index (κ3) is 3.81. The van der Waals surface area contributed by atoms with Crippen LogP contribution in [0.4, 0.5) is 0 Å². The van der Waals surface area contributed by atoms with Crippen LogP contribution in [0.2, 0.25) is 6.82 Å². The van der Waals surface area contributed by atoms with Gasteiger partial charge in [-0.25, -0.2) is 0 Å². The van der Waals surface area contributed by atoms with E-state index in [9.17, 15) is 5.11 Å². The number of hydrogen-bond acceptors (Lipinski definition) is 3. The molecule has 1 N–H and O–H groups in total. The highest BCUT2D eigenvalue weighted by Crippen LogP contribution is 2.47. The van der Waals surface area contributed by atoms with Crippen LogP contribution in [0.5, 0.6) is 0 Å². The molecule has 0 aromatic heterocycles. The number of aliphatic hydroxyl groups is 1. The van der Waals surface area contributed by atoms with Crippen molar-refractivity contribution in [2.45, 2.75) is 71.1 Å². The fraction of sp³-hybridized carbons (Fsp3) is 0.440. The Bertz CT molecular complexity index is 978. The largest absolute Gasteiger partial charge is 0.489 e. The van der Waals surface area contributed by atoms with E-state index in [4.69, 9.17) is 21.0 Å². The van der Waals surface area contributed by atoms with Gasteiger partial charge < -0.3 is 14.5 Å². The molecule has 1 aromatic carbocycles. The van der Waals surface area contributed by atoms with Gasteiger partial charge in [-0.1, -0.05) is 54.8 Å². The molecule has 2 aliphatic carbocycles. The van der Waals surface area contributed by atoms with E-state index in [1.54, 1.807) is 13.8 Å². The Hall–Kier alpha value is -1.75. The third-order valence-corrected chi connectivity index (χ3v) is 6.93. The lowest BCUT2D eigenvalue weighted by Crippen LogP contribution is -2.50. The van der Waals surface area contributed by atoms with E-state index in [1.165, 1.54) is 16.7 Å². The second kappa shape index (κ2) is 7.74. The lowest BCUT2D eigenvalue weighted by Gasteiger charge is -2.40. The summed E-state index contributed by atoms with van der Waals surface area (Å²) in [5.74, 6) is 1.05. The first-order chi connectivity index (χ1) is 14.1. The number of allylic oxidation sites excluding steroid dienone is 4. The van der Waals surface area contributed by atoms with Crippen molar-refractivity contribution in [3.63, 3.8) is 0 Å². The van der Waals surface area contributed by atoms with Gasteiger partial charge in [-0.3, -0.25) is 0 Å². The van der Waals surface area contributed by atoms with Gasteiger partial charge >= 0.3 is 6.92 Å². The van der Waals surface area contributed by atoms with Crippen molar-refractivity contribution < 1.29 is 14.5 Å². The van der Waals surface area contributed by atoms with Crippen LogP contribution in [-0.2, 0) is 9.39 Å². The predicted molar refractivity (Wildman–Crippen MR) is 125 cm³/mol. The van der Waals surface area contributed by atoms with Crippen LogP contribution in [0.1, 0.15) is 58.1 Å². The molecule has 3 nitrogen and oxygen atoms in total. The van der Waals surface area contributed by atoms with Crippen LogP contribution >= 0.6 is 11.6 Å². The summed E-state index contributed by atoms with van der Waals surface area (Å²) < 4.78 is 12.8. The Morgan fingerprint density at radius 1 is 1.13 bits per heavy atom. The molecule has 30 heavy (non-hydrogen) atoms. The second-order valence-corrected chi connectivity index (χ2v) is 9.90. The topological polar surface area (TPSA) is 38.7 Å². The van der Waals surface area contributed by atoms with E-state index in [2.05, 4.69) is 43.2 Å². The Labute approximate surface area is 185 Å². The van der Waals surface area contributed by atoms with Crippen LogP contribution in [-0.4, -0.2) is 29.3 Å². The maximum Gasteiger partial charge on any atom is 0.324 e. The predicted octanol–water partition coefficient (Wildman–Crippen LogP) is 6.15. The molecule has 3 aliphatic rings. The molecule has 5 heteroatoms. The fourth-order valence-corrected chi connectivity index (χ4v) is 4.53. The third-order valence-electron chi connectivity index (χ3n) is 6.65. The van der Waals surface area contributed by atoms with Gasteiger partial charge in [-0.15, -0.1) is 0 Å². The van der Waals surface area contributed by atoms with Gasteiger partial charge in [-0.05, 0) is 56.8 Å². The average Bonchev–Trinajstić information content (AvgIpc) is 2.98. The number of fused-ring (bicyclic) bond motifs is 4. The molecule has 1 unspecified atom stereocenters. The molecule has 1 atom stereocenters. The van der Waals surface area contributed by atoms with Gasteiger partial charge in [0.2, 0.25) is 0 Å². The second-order valence-electron chi connectivity index (χ2n) is 9.42. The van der Waals surface area contributed by atoms with Gasteiger partial charge in [0.05, 0.1) is 11.2 Å². The molecular weight excluding hydrogens is 395 g/mol. The highest BCUT2D eigenvalue weighted by Gasteiger charge is 2.40. The smallest absolute Gasteiger partial charge is 0.324 e. The highest BCUT2D eigenvalue weighted by molar-refractivity contribution is 6.72. The van der Waals surface area contributed by atoms with Crippen molar-refractivity contribution in [2.24, 2.45) is 0 Å². The number of benzene rings is 1. The van der Waals surface area contributed by atoms with E-state index in [0.29, 0.717) is 0 Å². The van der Waals surface area contributed by atoms with Gasteiger partial charge in [0.15, 0.2) is 0 Å². The lowest BCUT2D eigenvalue weighted by atomic mass is 9.58. The molecule has 0 amide bonds. The van der Waals surface area contributed by atoms with Crippen molar-refractivity contribution in [1.82, 2.24) is 0 Å². The Morgan fingerprint density at radius 3 is 2.53 bits per heavy atom. The molecule has 1 heterocycles. The van der Waals surface area contributed by atoms with E-state index < -0.39 is 11.2 Å². The molecule has 0 fully saturated rings. The first-order valence-electron chi connectivity index (χ1n) is 10.7. The zero-order valence-electron chi connectivity index (χ0n) is 18.5. The summed E-state index contributed by atoms with van der Waals surface area (Å²) in [5.41, 5.74) is 4.27. The molecular formula is C25H30BClO3. The van der Waals surface area contributed by atoms with Gasteiger partial charge in [0.1, 0.15) is 11.9 Å². The molecule has 0 saturated carbocycles. The zero-order valence-corrected chi connectivity index (χ0v) is 19.2. The van der Waals surface area contributed by atoms with Crippen LogP contribution in [0.15, 0.2) is 58.9 Å². The van der Waals surface area contributed by atoms with E-state index >= 15 is 0 Å². The molecule has 1 aliphatic heterocycles. The number of rotatable bonds is 4. The van der Waals surface area contributed by atoms with Crippen molar-refractivity contribution in [2.75, 3.05) is 0 Å². The van der Waals surface area contributed by atoms with Crippen LogP contribution < -0.4 is 0 Å². The first kappa shape index (κ1) is 21.5. The number of hydrogen-bond donors (Lipinski definition) is 1. The number of halogens is 1. The Kier molecular flexibility index (Phi) is 5.55. The molecule has 0 spiro atoms. The van der Waals surface area contributed by atoms with Crippen molar-refractivity contribution in [1.29, 1.82) is 0 Å². The van der Waals surface area contributed by atoms with Crippen LogP contribution in [0, 0.1) is 0 Å². The minimum Gasteiger partial charge on any atom is -0.489 e. The molecule has 0 saturated heterocycles. The standard InChI is InChI=1S/C25H30BClO3/c1-24(2,28)25(3,4)30-26(5)20-11-8-12-21-23(18-10-7-6-9-17(18)20)19-14-13-16(27)15-22(19)29-21/h6-7,9-11,13-14,22,28H,8,12,15H2,1-5H3/b20-11-. The Morgan fingerprint density at radius 2 is 1.83 bits per heavy atom. The summed E-state index contributed by atoms with van der Waals surface area (Å²) in [6.45, 7) is 9.38. The van der Waals surface area contributed by atoms with E-state index in [0.717, 1.165) is 41.1 Å². The summed E-state index contributed by atoms with van der Waals surface area (Å²) in [4.78, 5) is 0. The summed E-state index contributed by atoms with van der Waals surface area (Å²) in [6.07, 6.45) is 8.81. The SMILES string of the molecule is CB(OC(C)(C)C(C)(C)O)/C1=C\CCC2=C(C3=CC=C(Cl)CC3O2)c2ccccc21. The first-order valence-corrected chi connectivity index (χ1v) is 11.1. The highest BCUT2D eigenvalue weighted by atomic mass is 35.5. The fourth-order valence-electron chi connectivity index (χ4n) is 4.33. The molecule has 158 valence electrons. The quantitative estimate of drug-likeness (QED) is 0.589. The average molecular weight is 425 g/mol. The monoisotopic (exact) mass is 424 g/mol. The van der Waals surface area contributed by atoms with Crippen molar-refractivity contribution in [3.8, 4) is 0 Å². The normalized spacial score (nSPS) is 23.0. The molecule has 0 radical (unpaired) electrons. The summed E-state index contributed by atoms with van der Waals surface area (Å²) >= 11 is 6.28. The maximum atomic E-state index is 10.6. The Balaban J connectivity index is 1.75. The van der Waals surface area contributed by atoms with Crippen molar-refractivity contribution in [3.05, 3.63) is 70.0 Å². The van der Waals surface area contributed by atoms with Gasteiger partial charge in [0.25, 0.3) is 0 Å². The van der Waals surface area contributed by atoms with Crippen molar-refractivity contribution >= 4 is 29.6 Å². The molecule has 4 rings (SSSR count). The minimum atomic E-state index is -0.955.